The lowest BCUT2D eigenvalue weighted by Crippen LogP contribution is -2.25. The third kappa shape index (κ3) is 3.80. The summed E-state index contributed by atoms with van der Waals surface area (Å²) in [5.74, 6) is 0.124. The number of rotatable bonds is 5. The van der Waals surface area contributed by atoms with E-state index in [9.17, 15) is 14.0 Å². The summed E-state index contributed by atoms with van der Waals surface area (Å²) in [4.78, 5) is 25.3. The van der Waals surface area contributed by atoms with Crippen LogP contribution in [0.4, 0.5) is 10.2 Å². The van der Waals surface area contributed by atoms with Crippen molar-refractivity contribution >= 4 is 23.1 Å². The molecule has 2 heterocycles. The van der Waals surface area contributed by atoms with Crippen molar-refractivity contribution in [3.8, 4) is 11.3 Å². The number of aryl methyl sites for hydroxylation is 1. The molecule has 1 saturated carbocycles. The SMILES string of the molecule is Cc1sc(=O)n(CC(=O)Nc2ccc(C3CC3)nn2)c1-c1ccc(F)cc1. The normalized spacial score (nSPS) is 13.6. The second kappa shape index (κ2) is 7.03. The predicted molar refractivity (Wildman–Crippen MR) is 101 cm³/mol. The Balaban J connectivity index is 1.54. The van der Waals surface area contributed by atoms with Crippen LogP contribution in [0.3, 0.4) is 0 Å². The molecular formula is C19H17FN4O2S. The zero-order valence-corrected chi connectivity index (χ0v) is 15.4. The molecule has 1 aliphatic carbocycles. The molecule has 0 unspecified atom stereocenters. The molecule has 0 radical (unpaired) electrons. The molecule has 0 atom stereocenters. The molecule has 1 fully saturated rings. The van der Waals surface area contributed by atoms with Crippen molar-refractivity contribution in [2.45, 2.75) is 32.2 Å². The van der Waals surface area contributed by atoms with Crippen LogP contribution in [0.2, 0.25) is 0 Å². The summed E-state index contributed by atoms with van der Waals surface area (Å²) in [7, 11) is 0. The van der Waals surface area contributed by atoms with Gasteiger partial charge in [0.25, 0.3) is 0 Å². The van der Waals surface area contributed by atoms with Crippen molar-refractivity contribution < 1.29 is 9.18 Å². The zero-order valence-electron chi connectivity index (χ0n) is 14.6. The minimum atomic E-state index is -0.369. The lowest BCUT2D eigenvalue weighted by Gasteiger charge is -2.09. The van der Waals surface area contributed by atoms with E-state index in [-0.39, 0.29) is 23.1 Å². The summed E-state index contributed by atoms with van der Waals surface area (Å²) in [6, 6.07) is 9.45. The first-order valence-corrected chi connectivity index (χ1v) is 9.42. The Labute approximate surface area is 158 Å². The largest absolute Gasteiger partial charge is 0.308 e. The Morgan fingerprint density at radius 2 is 1.96 bits per heavy atom. The first-order chi connectivity index (χ1) is 13.0. The molecule has 4 rings (SSSR count). The van der Waals surface area contributed by atoms with E-state index in [1.165, 1.54) is 16.7 Å². The molecule has 0 saturated heterocycles. The monoisotopic (exact) mass is 384 g/mol. The van der Waals surface area contributed by atoms with E-state index in [0.717, 1.165) is 34.7 Å². The van der Waals surface area contributed by atoms with Crippen molar-refractivity contribution in [2.24, 2.45) is 0 Å². The smallest absolute Gasteiger partial charge is 0.308 e. The molecule has 0 bridgehead atoms. The third-order valence-corrected chi connectivity index (χ3v) is 5.33. The van der Waals surface area contributed by atoms with Gasteiger partial charge in [0.2, 0.25) is 5.91 Å². The van der Waals surface area contributed by atoms with Crippen LogP contribution in [0.25, 0.3) is 11.3 Å². The number of nitrogens with zero attached hydrogens (tertiary/aromatic N) is 3. The van der Waals surface area contributed by atoms with Crippen LogP contribution in [0, 0.1) is 12.7 Å². The molecular weight excluding hydrogens is 367 g/mol. The maximum absolute atomic E-state index is 13.2. The average molecular weight is 384 g/mol. The molecule has 1 aromatic carbocycles. The van der Waals surface area contributed by atoms with Crippen molar-refractivity contribution in [3.05, 3.63) is 62.5 Å². The second-order valence-corrected chi connectivity index (χ2v) is 7.70. The fourth-order valence-electron chi connectivity index (χ4n) is 2.96. The van der Waals surface area contributed by atoms with Crippen LogP contribution in [0.5, 0.6) is 0 Å². The van der Waals surface area contributed by atoms with Gasteiger partial charge in [-0.2, -0.15) is 5.10 Å². The summed E-state index contributed by atoms with van der Waals surface area (Å²) in [5.41, 5.74) is 2.25. The first-order valence-electron chi connectivity index (χ1n) is 8.61. The molecule has 6 nitrogen and oxygen atoms in total. The van der Waals surface area contributed by atoms with Crippen molar-refractivity contribution in [1.29, 1.82) is 0 Å². The van der Waals surface area contributed by atoms with Gasteiger partial charge in [-0.3, -0.25) is 14.2 Å². The number of amides is 1. The fraction of sp³-hybridized carbons (Fsp3) is 0.263. The van der Waals surface area contributed by atoms with E-state index in [1.54, 1.807) is 25.1 Å². The Morgan fingerprint density at radius 1 is 1.22 bits per heavy atom. The van der Waals surface area contributed by atoms with E-state index in [0.29, 0.717) is 23.0 Å². The molecule has 27 heavy (non-hydrogen) atoms. The van der Waals surface area contributed by atoms with E-state index < -0.39 is 0 Å². The molecule has 8 heteroatoms. The van der Waals surface area contributed by atoms with Crippen LogP contribution >= 0.6 is 11.3 Å². The molecule has 0 spiro atoms. The van der Waals surface area contributed by atoms with Gasteiger partial charge >= 0.3 is 4.87 Å². The predicted octanol–water partition coefficient (Wildman–Crippen LogP) is 3.33. The molecule has 138 valence electrons. The Morgan fingerprint density at radius 3 is 2.59 bits per heavy atom. The first kappa shape index (κ1) is 17.5. The summed E-state index contributed by atoms with van der Waals surface area (Å²) in [6.45, 7) is 1.66. The van der Waals surface area contributed by atoms with Gasteiger partial charge in [0.1, 0.15) is 12.4 Å². The van der Waals surface area contributed by atoms with Crippen LogP contribution in [0.15, 0.2) is 41.2 Å². The number of hydrogen-bond acceptors (Lipinski definition) is 5. The molecule has 1 aliphatic rings. The second-order valence-electron chi connectivity index (χ2n) is 6.53. The number of carbonyl (C=O) groups is 1. The Bertz CT molecular complexity index is 1040. The van der Waals surface area contributed by atoms with Gasteiger partial charge in [-0.1, -0.05) is 11.3 Å². The van der Waals surface area contributed by atoms with Crippen molar-refractivity contribution in [2.75, 3.05) is 5.32 Å². The highest BCUT2D eigenvalue weighted by atomic mass is 32.1. The minimum absolute atomic E-state index is 0.151. The number of benzene rings is 1. The maximum atomic E-state index is 13.2. The fourth-order valence-corrected chi connectivity index (χ4v) is 3.81. The van der Waals surface area contributed by atoms with Crippen LogP contribution < -0.4 is 10.2 Å². The van der Waals surface area contributed by atoms with Gasteiger partial charge in [0, 0.05) is 10.8 Å². The van der Waals surface area contributed by atoms with Gasteiger partial charge in [-0.05, 0) is 61.7 Å². The number of hydrogen-bond donors (Lipinski definition) is 1. The van der Waals surface area contributed by atoms with Gasteiger partial charge in [-0.25, -0.2) is 4.39 Å². The number of carbonyl (C=O) groups excluding carboxylic acids is 1. The summed E-state index contributed by atoms with van der Waals surface area (Å²) in [6.07, 6.45) is 2.26. The molecule has 3 aromatic rings. The topological polar surface area (TPSA) is 76.9 Å². The quantitative estimate of drug-likeness (QED) is 0.732. The Kier molecular flexibility index (Phi) is 4.57. The zero-order chi connectivity index (χ0) is 19.0. The van der Waals surface area contributed by atoms with Crippen molar-refractivity contribution in [1.82, 2.24) is 14.8 Å². The maximum Gasteiger partial charge on any atom is 0.308 e. The van der Waals surface area contributed by atoms with E-state index >= 15 is 0 Å². The van der Waals surface area contributed by atoms with Crippen LogP contribution in [-0.2, 0) is 11.3 Å². The minimum Gasteiger partial charge on any atom is -0.308 e. The summed E-state index contributed by atoms with van der Waals surface area (Å²) < 4.78 is 14.6. The lowest BCUT2D eigenvalue weighted by molar-refractivity contribution is -0.116. The number of thiazole rings is 1. The number of nitrogens with one attached hydrogen (secondary N) is 1. The van der Waals surface area contributed by atoms with Gasteiger partial charge in [0.05, 0.1) is 11.4 Å². The number of halogens is 1. The summed E-state index contributed by atoms with van der Waals surface area (Å²) in [5, 5.41) is 10.8. The number of anilines is 1. The van der Waals surface area contributed by atoms with E-state index in [4.69, 9.17) is 0 Å². The van der Waals surface area contributed by atoms with Gasteiger partial charge in [0.15, 0.2) is 5.82 Å². The highest BCUT2D eigenvalue weighted by Crippen LogP contribution is 2.38. The summed E-state index contributed by atoms with van der Waals surface area (Å²) >= 11 is 1.06. The van der Waals surface area contributed by atoms with Crippen molar-refractivity contribution in [3.63, 3.8) is 0 Å². The molecule has 2 aromatic heterocycles. The Hall–Kier alpha value is -2.87. The average Bonchev–Trinajstić information content (AvgIpc) is 3.44. The standard InChI is InChI=1S/C19H17FN4O2S/c1-11-18(13-4-6-14(20)7-5-13)24(19(26)27-11)10-17(25)21-16-9-8-15(22-23-16)12-2-3-12/h4-9,12H,2-3,10H2,1H3,(H,21,23,25). The van der Waals surface area contributed by atoms with E-state index in [1.807, 2.05) is 6.07 Å². The van der Waals surface area contributed by atoms with Crippen LogP contribution in [-0.4, -0.2) is 20.7 Å². The molecule has 1 amide bonds. The molecule has 0 aliphatic heterocycles. The van der Waals surface area contributed by atoms with Crippen LogP contribution in [0.1, 0.15) is 29.3 Å². The number of aromatic nitrogens is 3. The van der Waals surface area contributed by atoms with E-state index in [2.05, 4.69) is 15.5 Å². The third-order valence-electron chi connectivity index (χ3n) is 4.43. The highest BCUT2D eigenvalue weighted by molar-refractivity contribution is 7.09. The molecule has 1 N–H and O–H groups in total. The van der Waals surface area contributed by atoms with Gasteiger partial charge in [-0.15, -0.1) is 5.10 Å². The lowest BCUT2D eigenvalue weighted by atomic mass is 10.1. The highest BCUT2D eigenvalue weighted by Gasteiger charge is 2.25. The van der Waals surface area contributed by atoms with Gasteiger partial charge < -0.3 is 5.32 Å².